The van der Waals surface area contributed by atoms with Crippen molar-refractivity contribution in [2.75, 3.05) is 33.3 Å². The predicted molar refractivity (Wildman–Crippen MR) is 120 cm³/mol. The highest BCUT2D eigenvalue weighted by Gasteiger charge is 2.23. The molecule has 1 aliphatic heterocycles. The Kier molecular flexibility index (Phi) is 6.37. The van der Waals surface area contributed by atoms with Crippen molar-refractivity contribution in [1.29, 1.82) is 0 Å². The van der Waals surface area contributed by atoms with E-state index in [4.69, 9.17) is 14.1 Å². The molecule has 1 aliphatic rings. The first-order valence-electron chi connectivity index (χ1n) is 10.7. The number of nitrogens with zero attached hydrogens (tertiary/aromatic N) is 3. The topological polar surface area (TPSA) is 58.8 Å². The fourth-order valence-corrected chi connectivity index (χ4v) is 3.83. The molecule has 0 N–H and O–H groups in total. The molecule has 162 valence electrons. The van der Waals surface area contributed by atoms with Crippen LogP contribution in [0.15, 0.2) is 52.9 Å². The summed E-state index contributed by atoms with van der Waals surface area (Å²) < 4.78 is 11.2. The Balaban J connectivity index is 1.32. The van der Waals surface area contributed by atoms with Crippen molar-refractivity contribution in [3.8, 4) is 17.2 Å². The Morgan fingerprint density at radius 3 is 2.52 bits per heavy atom. The minimum absolute atomic E-state index is 0.159. The summed E-state index contributed by atoms with van der Waals surface area (Å²) in [6, 6.07) is 15.9. The second-order valence-electron chi connectivity index (χ2n) is 8.07. The average Bonchev–Trinajstić information content (AvgIpc) is 3.15. The molecule has 6 heteroatoms. The molecule has 1 saturated heterocycles. The Morgan fingerprint density at radius 2 is 1.81 bits per heavy atom. The van der Waals surface area contributed by atoms with Crippen LogP contribution < -0.4 is 4.74 Å². The second kappa shape index (κ2) is 9.35. The molecule has 1 aromatic heterocycles. The summed E-state index contributed by atoms with van der Waals surface area (Å²) in [6.07, 6.45) is 0.402. The van der Waals surface area contributed by atoms with Gasteiger partial charge in [-0.05, 0) is 43.7 Å². The highest BCUT2D eigenvalue weighted by Crippen LogP contribution is 2.23. The van der Waals surface area contributed by atoms with Crippen molar-refractivity contribution >= 4 is 5.91 Å². The van der Waals surface area contributed by atoms with Crippen LogP contribution in [-0.2, 0) is 17.8 Å². The van der Waals surface area contributed by atoms with E-state index in [1.54, 1.807) is 7.11 Å². The molecule has 0 saturated carbocycles. The SMILES string of the molecule is COc1cccc(CC(=O)N2CCN(Cc3nc(-c4ccc(C)cc4)oc3C)CC2)c1. The van der Waals surface area contributed by atoms with E-state index in [1.165, 1.54) is 5.56 Å². The number of hydrogen-bond donors (Lipinski definition) is 0. The van der Waals surface area contributed by atoms with Gasteiger partial charge in [0.05, 0.1) is 19.2 Å². The fraction of sp³-hybridized carbons (Fsp3) is 0.360. The number of aromatic nitrogens is 1. The number of amides is 1. The number of ether oxygens (including phenoxy) is 1. The molecule has 31 heavy (non-hydrogen) atoms. The standard InChI is InChI=1S/C25H29N3O3/c1-18-7-9-21(10-8-18)25-26-23(19(2)31-25)17-27-11-13-28(14-12-27)24(29)16-20-5-4-6-22(15-20)30-3/h4-10,15H,11-14,16-17H2,1-3H3. The summed E-state index contributed by atoms with van der Waals surface area (Å²) in [5.74, 6) is 2.46. The number of carbonyl (C=O) groups excluding carboxylic acids is 1. The number of methoxy groups -OCH3 is 1. The number of hydrogen-bond acceptors (Lipinski definition) is 5. The quantitative estimate of drug-likeness (QED) is 0.607. The van der Waals surface area contributed by atoms with Crippen LogP contribution in [0.3, 0.4) is 0 Å². The van der Waals surface area contributed by atoms with Gasteiger partial charge in [0.2, 0.25) is 11.8 Å². The van der Waals surface area contributed by atoms with E-state index >= 15 is 0 Å². The number of aryl methyl sites for hydroxylation is 2. The highest BCUT2D eigenvalue weighted by molar-refractivity contribution is 5.79. The number of piperazine rings is 1. The first kappa shape index (κ1) is 21.1. The van der Waals surface area contributed by atoms with E-state index in [9.17, 15) is 4.79 Å². The molecule has 1 amide bonds. The van der Waals surface area contributed by atoms with Crippen molar-refractivity contribution in [2.24, 2.45) is 0 Å². The summed E-state index contributed by atoms with van der Waals surface area (Å²) in [6.45, 7) is 7.88. The highest BCUT2D eigenvalue weighted by atomic mass is 16.5. The smallest absolute Gasteiger partial charge is 0.227 e. The maximum absolute atomic E-state index is 12.7. The van der Waals surface area contributed by atoms with Crippen LogP contribution in [0.4, 0.5) is 0 Å². The maximum Gasteiger partial charge on any atom is 0.227 e. The number of carbonyl (C=O) groups is 1. The monoisotopic (exact) mass is 419 g/mol. The molecule has 0 spiro atoms. The van der Waals surface area contributed by atoms with Gasteiger partial charge in [-0.2, -0.15) is 0 Å². The molecule has 0 unspecified atom stereocenters. The Bertz CT molecular complexity index is 1030. The van der Waals surface area contributed by atoms with Gasteiger partial charge in [-0.25, -0.2) is 4.98 Å². The lowest BCUT2D eigenvalue weighted by atomic mass is 10.1. The van der Waals surface area contributed by atoms with E-state index < -0.39 is 0 Å². The fourth-order valence-electron chi connectivity index (χ4n) is 3.83. The van der Waals surface area contributed by atoms with Crippen LogP contribution >= 0.6 is 0 Å². The van der Waals surface area contributed by atoms with E-state index in [-0.39, 0.29) is 5.91 Å². The van der Waals surface area contributed by atoms with Crippen LogP contribution in [0, 0.1) is 13.8 Å². The Labute approximate surface area is 183 Å². The molecule has 2 heterocycles. The summed E-state index contributed by atoms with van der Waals surface area (Å²) in [5.41, 5.74) is 4.15. The molecular weight excluding hydrogens is 390 g/mol. The predicted octanol–water partition coefficient (Wildman–Crippen LogP) is 3.85. The zero-order chi connectivity index (χ0) is 21.8. The molecule has 2 aromatic carbocycles. The van der Waals surface area contributed by atoms with Crippen molar-refractivity contribution < 1.29 is 13.9 Å². The van der Waals surface area contributed by atoms with Crippen LogP contribution in [0.25, 0.3) is 11.5 Å². The van der Waals surface area contributed by atoms with Crippen LogP contribution in [0.5, 0.6) is 5.75 Å². The number of oxazole rings is 1. The van der Waals surface area contributed by atoms with Crippen LogP contribution in [0.2, 0.25) is 0 Å². The number of benzene rings is 2. The van der Waals surface area contributed by atoms with Gasteiger partial charge >= 0.3 is 0 Å². The van der Waals surface area contributed by atoms with Crippen molar-refractivity contribution in [3.05, 3.63) is 71.1 Å². The summed E-state index contributed by atoms with van der Waals surface area (Å²) in [7, 11) is 1.64. The molecular formula is C25H29N3O3. The first-order valence-corrected chi connectivity index (χ1v) is 10.7. The molecule has 1 fully saturated rings. The average molecular weight is 420 g/mol. The van der Waals surface area contributed by atoms with Gasteiger partial charge in [-0.3, -0.25) is 9.69 Å². The van der Waals surface area contributed by atoms with Crippen molar-refractivity contribution in [2.45, 2.75) is 26.8 Å². The summed E-state index contributed by atoms with van der Waals surface area (Å²) >= 11 is 0. The third-order valence-corrected chi connectivity index (χ3v) is 5.78. The van der Waals surface area contributed by atoms with Gasteiger partial charge in [-0.1, -0.05) is 29.8 Å². The van der Waals surface area contributed by atoms with Crippen LogP contribution in [-0.4, -0.2) is 54.0 Å². The van der Waals surface area contributed by atoms with E-state index in [0.717, 1.165) is 61.1 Å². The molecule has 6 nitrogen and oxygen atoms in total. The summed E-state index contributed by atoms with van der Waals surface area (Å²) in [5, 5.41) is 0. The molecule has 0 radical (unpaired) electrons. The minimum Gasteiger partial charge on any atom is -0.497 e. The molecule has 3 aromatic rings. The summed E-state index contributed by atoms with van der Waals surface area (Å²) in [4.78, 5) is 21.7. The normalized spacial score (nSPS) is 14.6. The zero-order valence-corrected chi connectivity index (χ0v) is 18.4. The lowest BCUT2D eigenvalue weighted by Crippen LogP contribution is -2.48. The first-order chi connectivity index (χ1) is 15.0. The van der Waals surface area contributed by atoms with Gasteiger partial charge in [-0.15, -0.1) is 0 Å². The van der Waals surface area contributed by atoms with E-state index in [0.29, 0.717) is 12.3 Å². The second-order valence-corrected chi connectivity index (χ2v) is 8.07. The number of rotatable bonds is 6. The molecule has 0 bridgehead atoms. The van der Waals surface area contributed by atoms with Gasteiger partial charge in [0.25, 0.3) is 0 Å². The molecule has 0 atom stereocenters. The van der Waals surface area contributed by atoms with E-state index in [2.05, 4.69) is 24.0 Å². The largest absolute Gasteiger partial charge is 0.497 e. The zero-order valence-electron chi connectivity index (χ0n) is 18.4. The third-order valence-electron chi connectivity index (χ3n) is 5.78. The van der Waals surface area contributed by atoms with Gasteiger partial charge in [0, 0.05) is 38.3 Å². The maximum atomic E-state index is 12.7. The van der Waals surface area contributed by atoms with Gasteiger partial charge in [0.1, 0.15) is 11.5 Å². The minimum atomic E-state index is 0.159. The van der Waals surface area contributed by atoms with Crippen molar-refractivity contribution in [1.82, 2.24) is 14.8 Å². The van der Waals surface area contributed by atoms with E-state index in [1.807, 2.05) is 48.2 Å². The molecule has 0 aliphatic carbocycles. The van der Waals surface area contributed by atoms with Crippen molar-refractivity contribution in [3.63, 3.8) is 0 Å². The third kappa shape index (κ3) is 5.14. The molecule has 4 rings (SSSR count). The lowest BCUT2D eigenvalue weighted by molar-refractivity contribution is -0.132. The Morgan fingerprint density at radius 1 is 1.06 bits per heavy atom. The Hall–Kier alpha value is -3.12. The van der Waals surface area contributed by atoms with Gasteiger partial charge < -0.3 is 14.1 Å². The van der Waals surface area contributed by atoms with Crippen LogP contribution in [0.1, 0.15) is 22.6 Å². The van der Waals surface area contributed by atoms with Gasteiger partial charge in [0.15, 0.2) is 0 Å². The lowest BCUT2D eigenvalue weighted by Gasteiger charge is -2.34.